The van der Waals surface area contributed by atoms with Gasteiger partial charge in [0.25, 0.3) is 0 Å². The Balaban J connectivity index is 2.31. The summed E-state index contributed by atoms with van der Waals surface area (Å²) in [6, 6.07) is 3.15. The molecule has 96 valence electrons. The predicted molar refractivity (Wildman–Crippen MR) is 60.7 cm³/mol. The summed E-state index contributed by atoms with van der Waals surface area (Å²) in [7, 11) is 0. The molecule has 6 heteroatoms. The molecule has 1 aromatic rings. The van der Waals surface area contributed by atoms with E-state index in [1.807, 2.05) is 0 Å². The number of alkyl halides is 1. The number of carbonyl (C=O) groups is 1. The zero-order chi connectivity index (χ0) is 13.0. The molecule has 1 aromatic carbocycles. The van der Waals surface area contributed by atoms with E-state index in [1.54, 1.807) is 12.1 Å². The summed E-state index contributed by atoms with van der Waals surface area (Å²) in [5.41, 5.74) is 0.495. The first-order chi connectivity index (χ1) is 8.70. The normalized spacial score (nSPS) is 12.9. The topological polar surface area (TPSA) is 65.0 Å². The first-order valence-electron chi connectivity index (χ1n) is 5.24. The van der Waals surface area contributed by atoms with Crippen LogP contribution in [0.2, 0.25) is 0 Å². The van der Waals surface area contributed by atoms with E-state index >= 15 is 0 Å². The maximum Gasteiger partial charge on any atom is 0.328 e. The number of carboxylic acid groups (broad SMARTS) is 1. The molecule has 0 atom stereocenters. The Labute approximate surface area is 102 Å². The number of rotatable bonds is 5. The van der Waals surface area contributed by atoms with Gasteiger partial charge in [-0.15, -0.1) is 0 Å². The van der Waals surface area contributed by atoms with Crippen molar-refractivity contribution in [2.24, 2.45) is 0 Å². The molecule has 1 aliphatic heterocycles. The van der Waals surface area contributed by atoms with E-state index < -0.39 is 12.6 Å². The summed E-state index contributed by atoms with van der Waals surface area (Å²) >= 11 is 0. The maximum atomic E-state index is 12.1. The molecule has 0 amide bonds. The SMILES string of the molecule is O=C(O)/C=C/c1cc2c(cc1OCCF)OCO2. The largest absolute Gasteiger partial charge is 0.490 e. The number of benzene rings is 1. The van der Waals surface area contributed by atoms with E-state index in [-0.39, 0.29) is 13.4 Å². The molecule has 0 fully saturated rings. The lowest BCUT2D eigenvalue weighted by molar-refractivity contribution is -0.131. The number of fused-ring (bicyclic) bond motifs is 1. The van der Waals surface area contributed by atoms with Crippen molar-refractivity contribution >= 4 is 12.0 Å². The second-order valence-corrected chi connectivity index (χ2v) is 3.45. The van der Waals surface area contributed by atoms with Crippen LogP contribution in [0.3, 0.4) is 0 Å². The van der Waals surface area contributed by atoms with Gasteiger partial charge >= 0.3 is 5.97 Å². The number of halogens is 1. The van der Waals surface area contributed by atoms with Gasteiger partial charge in [0.05, 0.1) is 0 Å². The Hall–Kier alpha value is -2.24. The highest BCUT2D eigenvalue weighted by Crippen LogP contribution is 2.38. The van der Waals surface area contributed by atoms with Gasteiger partial charge < -0.3 is 19.3 Å². The van der Waals surface area contributed by atoms with Crippen LogP contribution in [-0.2, 0) is 4.79 Å². The summed E-state index contributed by atoms with van der Waals surface area (Å²) in [5, 5.41) is 8.59. The molecular formula is C12H11FO5. The van der Waals surface area contributed by atoms with E-state index in [0.29, 0.717) is 22.8 Å². The Bertz CT molecular complexity index is 484. The molecule has 1 N–H and O–H groups in total. The molecule has 18 heavy (non-hydrogen) atoms. The van der Waals surface area contributed by atoms with Crippen molar-refractivity contribution < 1.29 is 28.5 Å². The zero-order valence-corrected chi connectivity index (χ0v) is 9.39. The van der Waals surface area contributed by atoms with Crippen LogP contribution < -0.4 is 14.2 Å². The standard InChI is InChI=1S/C12H11FO5/c13-3-4-16-9-6-11-10(17-7-18-11)5-8(9)1-2-12(14)15/h1-2,5-6H,3-4,7H2,(H,14,15)/b2-1+. The van der Waals surface area contributed by atoms with Gasteiger partial charge in [-0.25, -0.2) is 9.18 Å². The minimum Gasteiger partial charge on any atom is -0.490 e. The maximum absolute atomic E-state index is 12.1. The van der Waals surface area contributed by atoms with Crippen molar-refractivity contribution in [1.82, 2.24) is 0 Å². The van der Waals surface area contributed by atoms with Crippen LogP contribution in [0.15, 0.2) is 18.2 Å². The summed E-state index contributed by atoms with van der Waals surface area (Å²) in [6.45, 7) is -0.631. The Morgan fingerprint density at radius 3 is 2.83 bits per heavy atom. The van der Waals surface area contributed by atoms with E-state index in [0.717, 1.165) is 6.08 Å². The van der Waals surface area contributed by atoms with Gasteiger partial charge in [0.1, 0.15) is 19.0 Å². The van der Waals surface area contributed by atoms with Gasteiger partial charge in [-0.3, -0.25) is 0 Å². The molecule has 0 radical (unpaired) electrons. The number of carboxylic acids is 1. The van der Waals surface area contributed by atoms with Gasteiger partial charge in [-0.05, 0) is 12.1 Å². The lowest BCUT2D eigenvalue weighted by Crippen LogP contribution is -2.00. The van der Waals surface area contributed by atoms with Crippen molar-refractivity contribution in [3.63, 3.8) is 0 Å². The van der Waals surface area contributed by atoms with Crippen LogP contribution in [-0.4, -0.2) is 31.2 Å². The molecule has 0 aliphatic carbocycles. The fourth-order valence-electron chi connectivity index (χ4n) is 1.50. The van der Waals surface area contributed by atoms with Crippen molar-refractivity contribution in [3.05, 3.63) is 23.8 Å². The molecule has 5 nitrogen and oxygen atoms in total. The van der Waals surface area contributed by atoms with Crippen LogP contribution in [0.4, 0.5) is 4.39 Å². The zero-order valence-electron chi connectivity index (χ0n) is 9.39. The van der Waals surface area contributed by atoms with Crippen LogP contribution >= 0.6 is 0 Å². The molecule has 0 bridgehead atoms. The third kappa shape index (κ3) is 2.71. The molecule has 0 aromatic heterocycles. The number of ether oxygens (including phenoxy) is 3. The fourth-order valence-corrected chi connectivity index (χ4v) is 1.50. The molecule has 0 unspecified atom stereocenters. The lowest BCUT2D eigenvalue weighted by atomic mass is 10.1. The van der Waals surface area contributed by atoms with Gasteiger partial charge in [0.15, 0.2) is 11.5 Å². The van der Waals surface area contributed by atoms with Crippen LogP contribution in [0.1, 0.15) is 5.56 Å². The molecule has 0 saturated heterocycles. The van der Waals surface area contributed by atoms with E-state index in [1.165, 1.54) is 6.08 Å². The van der Waals surface area contributed by atoms with Crippen molar-refractivity contribution in [2.45, 2.75) is 0 Å². The number of aliphatic carboxylic acids is 1. The van der Waals surface area contributed by atoms with Crippen LogP contribution in [0.5, 0.6) is 17.2 Å². The van der Waals surface area contributed by atoms with E-state index in [4.69, 9.17) is 19.3 Å². The number of hydrogen-bond acceptors (Lipinski definition) is 4. The van der Waals surface area contributed by atoms with Crippen molar-refractivity contribution in [2.75, 3.05) is 20.1 Å². The first kappa shape index (κ1) is 12.2. The Morgan fingerprint density at radius 2 is 2.17 bits per heavy atom. The Kier molecular flexibility index (Phi) is 3.66. The summed E-state index contributed by atoms with van der Waals surface area (Å²) in [5.74, 6) is 0.280. The van der Waals surface area contributed by atoms with Gasteiger partial charge in [0.2, 0.25) is 6.79 Å². The lowest BCUT2D eigenvalue weighted by Gasteiger charge is -2.08. The summed E-state index contributed by atoms with van der Waals surface area (Å²) < 4.78 is 27.6. The summed E-state index contributed by atoms with van der Waals surface area (Å²) in [6.07, 6.45) is 2.33. The third-order valence-electron chi connectivity index (χ3n) is 2.25. The monoisotopic (exact) mass is 254 g/mol. The highest BCUT2D eigenvalue weighted by molar-refractivity contribution is 5.86. The third-order valence-corrected chi connectivity index (χ3v) is 2.25. The van der Waals surface area contributed by atoms with Crippen molar-refractivity contribution in [1.29, 1.82) is 0 Å². The van der Waals surface area contributed by atoms with E-state index in [2.05, 4.69) is 0 Å². The summed E-state index contributed by atoms with van der Waals surface area (Å²) in [4.78, 5) is 10.5. The minimum absolute atomic E-state index is 0.101. The Morgan fingerprint density at radius 1 is 1.44 bits per heavy atom. The first-order valence-corrected chi connectivity index (χ1v) is 5.24. The highest BCUT2D eigenvalue weighted by Gasteiger charge is 2.17. The average molecular weight is 254 g/mol. The minimum atomic E-state index is -1.08. The van der Waals surface area contributed by atoms with Gasteiger partial charge in [0, 0.05) is 17.7 Å². The van der Waals surface area contributed by atoms with E-state index in [9.17, 15) is 9.18 Å². The molecular weight excluding hydrogens is 243 g/mol. The van der Waals surface area contributed by atoms with Crippen molar-refractivity contribution in [3.8, 4) is 17.2 Å². The van der Waals surface area contributed by atoms with Gasteiger partial charge in [-0.1, -0.05) is 0 Å². The van der Waals surface area contributed by atoms with Crippen LogP contribution in [0.25, 0.3) is 6.08 Å². The number of hydrogen-bond donors (Lipinski definition) is 1. The average Bonchev–Trinajstić information content (AvgIpc) is 2.79. The molecule has 0 spiro atoms. The quantitative estimate of drug-likeness (QED) is 0.812. The molecule has 1 aliphatic rings. The second-order valence-electron chi connectivity index (χ2n) is 3.45. The molecule has 2 rings (SSSR count). The van der Waals surface area contributed by atoms with Crippen LogP contribution in [0, 0.1) is 0 Å². The highest BCUT2D eigenvalue weighted by atomic mass is 19.1. The molecule has 1 heterocycles. The smallest absolute Gasteiger partial charge is 0.328 e. The van der Waals surface area contributed by atoms with Gasteiger partial charge in [-0.2, -0.15) is 0 Å². The fraction of sp³-hybridized carbons (Fsp3) is 0.250. The second kappa shape index (κ2) is 5.39. The predicted octanol–water partition coefficient (Wildman–Crippen LogP) is 1.86. The molecule has 0 saturated carbocycles.